The van der Waals surface area contributed by atoms with Crippen LogP contribution < -0.4 is 15.6 Å². The number of rotatable bonds is 9. The van der Waals surface area contributed by atoms with Crippen LogP contribution in [0.25, 0.3) is 22.2 Å². The number of alkyl halides is 1. The molecule has 0 aliphatic carbocycles. The molecule has 11 nitrogen and oxygen atoms in total. The van der Waals surface area contributed by atoms with Crippen molar-refractivity contribution < 1.29 is 31.5 Å². The summed E-state index contributed by atoms with van der Waals surface area (Å²) in [5.41, 5.74) is -0.338. The monoisotopic (exact) mass is 644 g/mol. The summed E-state index contributed by atoms with van der Waals surface area (Å²) < 4.78 is 72.3. The van der Waals surface area contributed by atoms with Gasteiger partial charge in [0.05, 0.1) is 18.0 Å². The Morgan fingerprint density at radius 3 is 2.58 bits per heavy atom. The smallest absolute Gasteiger partial charge is 0.407 e. The molecule has 5 rings (SSSR count). The number of halogens is 3. The zero-order valence-corrected chi connectivity index (χ0v) is 25.2. The number of benzene rings is 2. The molecule has 0 spiro atoms. The number of likely N-dealkylation sites (tertiary alicyclic amines) is 1. The minimum atomic E-state index is -4.16. The molecule has 0 bridgehead atoms. The van der Waals surface area contributed by atoms with Crippen LogP contribution in [0, 0.1) is 11.6 Å². The Hall–Kier alpha value is -4.66. The number of pyridine rings is 1. The van der Waals surface area contributed by atoms with Crippen molar-refractivity contribution in [3.05, 3.63) is 82.3 Å². The molecule has 45 heavy (non-hydrogen) atoms. The average molecular weight is 645 g/mol. The lowest BCUT2D eigenvalue weighted by molar-refractivity contribution is 0.102. The van der Waals surface area contributed by atoms with Crippen LogP contribution in [0.2, 0.25) is 0 Å². The molecular weight excluding hydrogens is 613 g/mol. The fourth-order valence-corrected chi connectivity index (χ4v) is 6.47. The molecule has 1 saturated heterocycles. The molecule has 2 unspecified atom stereocenters. The fourth-order valence-electron chi connectivity index (χ4n) is 5.26. The van der Waals surface area contributed by atoms with Crippen molar-refractivity contribution in [2.24, 2.45) is 0 Å². The highest BCUT2D eigenvalue weighted by Crippen LogP contribution is 2.28. The van der Waals surface area contributed by atoms with Gasteiger partial charge in [-0.25, -0.2) is 31.4 Å². The van der Waals surface area contributed by atoms with Crippen molar-refractivity contribution in [2.45, 2.75) is 50.7 Å². The molecule has 2 aromatic heterocycles. The Morgan fingerprint density at radius 1 is 1.13 bits per heavy atom. The third-order valence-corrected chi connectivity index (χ3v) is 8.88. The summed E-state index contributed by atoms with van der Waals surface area (Å²) in [5.74, 6) is -2.25. The first-order valence-electron chi connectivity index (χ1n) is 14.2. The predicted molar refractivity (Wildman–Crippen MR) is 163 cm³/mol. The van der Waals surface area contributed by atoms with Crippen molar-refractivity contribution in [2.75, 3.05) is 23.1 Å². The van der Waals surface area contributed by atoms with E-state index in [1.54, 1.807) is 0 Å². The Balaban J connectivity index is 1.46. The average Bonchev–Trinajstić information content (AvgIpc) is 2.98. The second kappa shape index (κ2) is 12.8. The van der Waals surface area contributed by atoms with E-state index in [1.165, 1.54) is 47.2 Å². The molecule has 2 aromatic carbocycles. The number of nitrogens with one attached hydrogen (secondary N) is 2. The fraction of sp³-hybridized carbons (Fsp3) is 0.333. The number of anilines is 2. The first-order chi connectivity index (χ1) is 21.3. The van der Waals surface area contributed by atoms with Crippen molar-refractivity contribution in [1.29, 1.82) is 0 Å². The number of fused-ring (bicyclic) bond motifs is 1. The van der Waals surface area contributed by atoms with Gasteiger partial charge in [0.2, 0.25) is 16.0 Å². The molecule has 3 atom stereocenters. The molecule has 4 aromatic rings. The van der Waals surface area contributed by atoms with Crippen LogP contribution in [0.1, 0.15) is 38.3 Å². The normalized spacial score (nSPS) is 17.7. The summed E-state index contributed by atoms with van der Waals surface area (Å²) in [6.07, 6.45) is -0.530. The van der Waals surface area contributed by atoms with Gasteiger partial charge in [0.1, 0.15) is 23.5 Å². The number of nitrogens with zero attached hydrogens (tertiary/aromatic N) is 4. The van der Waals surface area contributed by atoms with Crippen molar-refractivity contribution in [3.63, 3.8) is 0 Å². The zero-order chi connectivity index (χ0) is 32.5. The molecule has 1 amide bonds. The predicted octanol–water partition coefficient (Wildman–Crippen LogP) is 5.15. The lowest BCUT2D eigenvalue weighted by Gasteiger charge is -2.33. The van der Waals surface area contributed by atoms with E-state index in [0.717, 1.165) is 17.0 Å². The van der Waals surface area contributed by atoms with Gasteiger partial charge in [-0.05, 0) is 43.2 Å². The number of aromatic nitrogens is 3. The van der Waals surface area contributed by atoms with E-state index in [0.29, 0.717) is 11.8 Å². The van der Waals surface area contributed by atoms with Gasteiger partial charge in [0.15, 0.2) is 0 Å². The van der Waals surface area contributed by atoms with Crippen LogP contribution in [0.4, 0.5) is 29.6 Å². The molecule has 0 saturated carbocycles. The van der Waals surface area contributed by atoms with Crippen molar-refractivity contribution in [1.82, 2.24) is 19.4 Å². The number of carbonyl (C=O) groups is 1. The van der Waals surface area contributed by atoms with Gasteiger partial charge < -0.3 is 15.3 Å². The number of piperidine rings is 1. The number of hydrogen-bond acceptors (Lipinski definition) is 7. The topological polar surface area (TPSA) is 147 Å². The first kappa shape index (κ1) is 31.8. The molecule has 3 N–H and O–H groups in total. The van der Waals surface area contributed by atoms with E-state index in [-0.39, 0.29) is 59.5 Å². The SMILES string of the molecule is CC[C@@H](C)n1c(=O)c(-c2ccc(NS(=O)(=O)Cc3ccccc3F)c(F)c2)cc2cnc(NC3CC(F)CN(C(=O)O)C3)nc21. The molecule has 1 aliphatic heterocycles. The lowest BCUT2D eigenvalue weighted by atomic mass is 10.0. The van der Waals surface area contributed by atoms with Gasteiger partial charge in [-0.1, -0.05) is 31.2 Å². The van der Waals surface area contributed by atoms with Crippen molar-refractivity contribution >= 4 is 38.8 Å². The van der Waals surface area contributed by atoms with Crippen LogP contribution in [-0.4, -0.2) is 64.4 Å². The van der Waals surface area contributed by atoms with Crippen LogP contribution in [0.5, 0.6) is 0 Å². The molecule has 1 fully saturated rings. The number of sulfonamides is 1. The van der Waals surface area contributed by atoms with Gasteiger partial charge in [-0.15, -0.1) is 0 Å². The minimum absolute atomic E-state index is 0.0368. The second-order valence-electron chi connectivity index (χ2n) is 11.0. The van der Waals surface area contributed by atoms with E-state index in [2.05, 4.69) is 20.0 Å². The Bertz CT molecular complexity index is 1920. The lowest BCUT2D eigenvalue weighted by Crippen LogP contribution is -2.49. The Labute approximate surface area is 256 Å². The highest BCUT2D eigenvalue weighted by atomic mass is 32.2. The Kier molecular flexibility index (Phi) is 9.00. The molecule has 238 valence electrons. The molecule has 1 aliphatic rings. The summed E-state index contributed by atoms with van der Waals surface area (Å²) >= 11 is 0. The van der Waals surface area contributed by atoms with E-state index in [1.807, 2.05) is 13.8 Å². The van der Waals surface area contributed by atoms with Crippen LogP contribution in [0.3, 0.4) is 0 Å². The second-order valence-corrected chi connectivity index (χ2v) is 12.7. The highest BCUT2D eigenvalue weighted by Gasteiger charge is 2.30. The summed E-state index contributed by atoms with van der Waals surface area (Å²) in [6.45, 7) is 3.51. The summed E-state index contributed by atoms with van der Waals surface area (Å²) in [7, 11) is -4.16. The number of carboxylic acid groups (broad SMARTS) is 1. The van der Waals surface area contributed by atoms with Gasteiger partial charge >= 0.3 is 6.09 Å². The van der Waals surface area contributed by atoms with Crippen LogP contribution in [0.15, 0.2) is 59.5 Å². The summed E-state index contributed by atoms with van der Waals surface area (Å²) in [5, 5.41) is 12.7. The summed E-state index contributed by atoms with van der Waals surface area (Å²) in [6, 6.07) is 9.56. The molecule has 3 heterocycles. The third kappa shape index (κ3) is 7.03. The number of amides is 1. The van der Waals surface area contributed by atoms with Gasteiger partial charge in [0.25, 0.3) is 5.56 Å². The minimum Gasteiger partial charge on any atom is -0.465 e. The van der Waals surface area contributed by atoms with E-state index in [9.17, 15) is 31.9 Å². The van der Waals surface area contributed by atoms with E-state index < -0.39 is 51.3 Å². The van der Waals surface area contributed by atoms with Crippen LogP contribution >= 0.6 is 0 Å². The quantitative estimate of drug-likeness (QED) is 0.227. The number of hydrogen-bond donors (Lipinski definition) is 3. The van der Waals surface area contributed by atoms with E-state index >= 15 is 4.39 Å². The van der Waals surface area contributed by atoms with Crippen LogP contribution in [-0.2, 0) is 15.8 Å². The van der Waals surface area contributed by atoms with E-state index in [4.69, 9.17) is 0 Å². The maximum atomic E-state index is 15.2. The third-order valence-electron chi connectivity index (χ3n) is 7.66. The van der Waals surface area contributed by atoms with Gasteiger partial charge in [-0.3, -0.25) is 14.1 Å². The Morgan fingerprint density at radius 2 is 1.89 bits per heavy atom. The summed E-state index contributed by atoms with van der Waals surface area (Å²) in [4.78, 5) is 35.0. The van der Waals surface area contributed by atoms with Gasteiger partial charge in [0, 0.05) is 47.8 Å². The standard InChI is InChI=1S/C30H31F3N6O5S/c1-3-17(2)39-27-20(13-34-29(36-27)35-22-12-21(31)14-38(15-22)30(41)42)10-23(28(39)40)18-8-9-26(25(33)11-18)37-45(43,44)16-19-6-4-5-7-24(19)32/h4-11,13,17,21-22,37H,3,12,14-16H2,1-2H3,(H,41,42)(H,34,35,36)/t17-,21?,22?/m1/s1. The first-order valence-corrected chi connectivity index (χ1v) is 15.8. The highest BCUT2D eigenvalue weighted by molar-refractivity contribution is 7.91. The van der Waals surface area contributed by atoms with Crippen molar-refractivity contribution in [3.8, 4) is 11.1 Å². The molecule has 15 heteroatoms. The largest absolute Gasteiger partial charge is 0.465 e. The molecular formula is C30H31F3N6O5S. The van der Waals surface area contributed by atoms with Gasteiger partial charge in [-0.2, -0.15) is 4.98 Å². The maximum Gasteiger partial charge on any atom is 0.407 e. The zero-order valence-electron chi connectivity index (χ0n) is 24.4. The molecule has 0 radical (unpaired) electrons. The maximum absolute atomic E-state index is 15.2.